The monoisotopic (exact) mass is 344 g/mol. The molecule has 2 rings (SSSR count). The lowest BCUT2D eigenvalue weighted by Crippen LogP contribution is -2.55. The van der Waals surface area contributed by atoms with Crippen LogP contribution in [-0.4, -0.2) is 48.6 Å². The van der Waals surface area contributed by atoms with Gasteiger partial charge in [0.25, 0.3) is 5.92 Å². The molecule has 1 aromatic rings. The summed E-state index contributed by atoms with van der Waals surface area (Å²) in [5.74, 6) is -4.18. The number of rotatable bonds is 5. The van der Waals surface area contributed by atoms with Crippen LogP contribution in [0.2, 0.25) is 0 Å². The molecule has 1 saturated heterocycles. The number of aliphatic hydroxyl groups is 1. The van der Waals surface area contributed by atoms with E-state index in [0.29, 0.717) is 0 Å². The first-order valence-electron chi connectivity index (χ1n) is 7.62. The van der Waals surface area contributed by atoms with Crippen LogP contribution in [0.3, 0.4) is 0 Å². The quantitative estimate of drug-likeness (QED) is 0.761. The van der Waals surface area contributed by atoms with E-state index in [1.54, 1.807) is 13.8 Å². The Balaban J connectivity index is 2.02. The van der Waals surface area contributed by atoms with E-state index in [4.69, 9.17) is 14.6 Å². The average molecular weight is 344 g/mol. The smallest absolute Gasteiger partial charge is 0.315 e. The van der Waals surface area contributed by atoms with Gasteiger partial charge in [0.15, 0.2) is 5.79 Å². The van der Waals surface area contributed by atoms with Crippen LogP contribution in [0.4, 0.5) is 13.6 Å². The van der Waals surface area contributed by atoms with Gasteiger partial charge in [-0.05, 0) is 19.4 Å². The van der Waals surface area contributed by atoms with E-state index in [1.807, 2.05) is 35.6 Å². The molecule has 3 N–H and O–H groups in total. The number of urea groups is 1. The second-order valence-corrected chi connectivity index (χ2v) is 6.11. The molecule has 8 heteroatoms. The van der Waals surface area contributed by atoms with Crippen LogP contribution in [0.15, 0.2) is 30.3 Å². The standard InChI is InChI=1S/C16H22F2N2O4/c1-15(2)23-8-12(13(24-15)11-6-4-3-5-7-11)20-14(22)19-9-16(17,18)10-21/h3-7,12-13,21H,8-10H2,1-2H3,(H2,19,20,22)/t12-,13-/m1/s1. The third kappa shape index (κ3) is 5.12. The van der Waals surface area contributed by atoms with Gasteiger partial charge >= 0.3 is 6.03 Å². The number of carbonyl (C=O) groups is 1. The highest BCUT2D eigenvalue weighted by molar-refractivity contribution is 5.74. The summed E-state index contributed by atoms with van der Waals surface area (Å²) in [7, 11) is 0. The molecule has 1 fully saturated rings. The molecule has 0 unspecified atom stereocenters. The molecule has 2 atom stereocenters. The fourth-order valence-electron chi connectivity index (χ4n) is 2.35. The van der Waals surface area contributed by atoms with Crippen molar-refractivity contribution in [2.24, 2.45) is 0 Å². The molecule has 24 heavy (non-hydrogen) atoms. The molecule has 0 radical (unpaired) electrons. The SMILES string of the molecule is CC1(C)OC[C@@H](NC(=O)NCC(F)(F)CO)[C@@H](c2ccccc2)O1. The first-order valence-corrected chi connectivity index (χ1v) is 7.62. The van der Waals surface area contributed by atoms with Crippen LogP contribution < -0.4 is 10.6 Å². The van der Waals surface area contributed by atoms with Gasteiger partial charge < -0.3 is 25.2 Å². The third-order valence-corrected chi connectivity index (χ3v) is 3.57. The van der Waals surface area contributed by atoms with Crippen molar-refractivity contribution in [2.45, 2.75) is 37.7 Å². The summed E-state index contributed by atoms with van der Waals surface area (Å²) < 4.78 is 37.4. The average Bonchev–Trinajstić information content (AvgIpc) is 2.55. The molecule has 0 spiro atoms. The van der Waals surface area contributed by atoms with Gasteiger partial charge in [0, 0.05) is 0 Å². The Hall–Kier alpha value is -1.77. The van der Waals surface area contributed by atoms with Crippen molar-refractivity contribution < 1.29 is 28.2 Å². The molecule has 1 aromatic carbocycles. The molecule has 1 heterocycles. The van der Waals surface area contributed by atoms with Gasteiger partial charge in [-0.2, -0.15) is 0 Å². The summed E-state index contributed by atoms with van der Waals surface area (Å²) in [5, 5.41) is 13.1. The predicted octanol–water partition coefficient (Wildman–Crippen LogP) is 1.81. The van der Waals surface area contributed by atoms with Crippen LogP contribution >= 0.6 is 0 Å². The van der Waals surface area contributed by atoms with E-state index in [1.165, 1.54) is 0 Å². The number of benzene rings is 1. The summed E-state index contributed by atoms with van der Waals surface area (Å²) in [4.78, 5) is 11.9. The number of hydrogen-bond donors (Lipinski definition) is 3. The summed E-state index contributed by atoms with van der Waals surface area (Å²) in [5.41, 5.74) is 0.847. The number of carbonyl (C=O) groups excluding carboxylic acids is 1. The summed E-state index contributed by atoms with van der Waals surface area (Å²) >= 11 is 0. The molecule has 0 bridgehead atoms. The number of amides is 2. The first-order chi connectivity index (χ1) is 11.2. The van der Waals surface area contributed by atoms with Gasteiger partial charge in [-0.15, -0.1) is 0 Å². The molecule has 1 aliphatic rings. The maximum atomic E-state index is 13.0. The number of halogens is 2. The van der Waals surface area contributed by atoms with Gasteiger partial charge in [-0.25, -0.2) is 13.6 Å². The zero-order chi connectivity index (χ0) is 17.8. The Morgan fingerprint density at radius 2 is 2.04 bits per heavy atom. The number of aliphatic hydroxyl groups excluding tert-OH is 1. The van der Waals surface area contributed by atoms with Gasteiger partial charge in [0.05, 0.1) is 19.2 Å². The predicted molar refractivity (Wildman–Crippen MR) is 82.7 cm³/mol. The number of hydrogen-bond acceptors (Lipinski definition) is 4. The molecular formula is C16H22F2N2O4. The molecule has 0 saturated carbocycles. The highest BCUT2D eigenvalue weighted by Gasteiger charge is 2.38. The van der Waals surface area contributed by atoms with Gasteiger partial charge in [-0.1, -0.05) is 30.3 Å². The van der Waals surface area contributed by atoms with Crippen LogP contribution in [0.1, 0.15) is 25.5 Å². The van der Waals surface area contributed by atoms with Crippen molar-refractivity contribution in [3.8, 4) is 0 Å². The van der Waals surface area contributed by atoms with E-state index in [-0.39, 0.29) is 6.61 Å². The Bertz CT molecular complexity index is 554. The van der Waals surface area contributed by atoms with E-state index in [2.05, 4.69) is 5.32 Å². The molecule has 0 aromatic heterocycles. The molecule has 2 amide bonds. The zero-order valence-electron chi connectivity index (χ0n) is 13.6. The highest BCUT2D eigenvalue weighted by Crippen LogP contribution is 2.32. The van der Waals surface area contributed by atoms with Crippen LogP contribution in [0.25, 0.3) is 0 Å². The lowest BCUT2D eigenvalue weighted by atomic mass is 10.0. The second kappa shape index (κ2) is 7.42. The Kier molecular flexibility index (Phi) is 5.74. The second-order valence-electron chi connectivity index (χ2n) is 6.11. The molecular weight excluding hydrogens is 322 g/mol. The molecule has 6 nitrogen and oxygen atoms in total. The lowest BCUT2D eigenvalue weighted by Gasteiger charge is -2.41. The summed E-state index contributed by atoms with van der Waals surface area (Å²) in [6.07, 6.45) is -0.473. The fourth-order valence-corrected chi connectivity index (χ4v) is 2.35. The van der Waals surface area contributed by atoms with E-state index >= 15 is 0 Å². The van der Waals surface area contributed by atoms with Crippen LogP contribution in [-0.2, 0) is 9.47 Å². The zero-order valence-corrected chi connectivity index (χ0v) is 13.6. The summed E-state index contributed by atoms with van der Waals surface area (Å²) in [6, 6.07) is 7.96. The molecule has 1 aliphatic heterocycles. The van der Waals surface area contributed by atoms with Gasteiger partial charge in [-0.3, -0.25) is 0 Å². The maximum Gasteiger partial charge on any atom is 0.315 e. The van der Waals surface area contributed by atoms with Crippen LogP contribution in [0.5, 0.6) is 0 Å². The van der Waals surface area contributed by atoms with E-state index in [9.17, 15) is 13.6 Å². The van der Waals surface area contributed by atoms with Gasteiger partial charge in [0.1, 0.15) is 12.7 Å². The van der Waals surface area contributed by atoms with E-state index < -0.39 is 43.0 Å². The molecule has 134 valence electrons. The summed E-state index contributed by atoms with van der Waals surface area (Å²) in [6.45, 7) is 1.42. The van der Waals surface area contributed by atoms with Crippen LogP contribution in [0, 0.1) is 0 Å². The Labute approximate surface area is 139 Å². The number of alkyl halides is 2. The highest BCUT2D eigenvalue weighted by atomic mass is 19.3. The first kappa shape index (κ1) is 18.6. The minimum atomic E-state index is -3.36. The van der Waals surface area contributed by atoms with Crippen molar-refractivity contribution >= 4 is 6.03 Å². The topological polar surface area (TPSA) is 79.8 Å². The lowest BCUT2D eigenvalue weighted by molar-refractivity contribution is -0.284. The molecule has 0 aliphatic carbocycles. The number of nitrogens with one attached hydrogen (secondary N) is 2. The Morgan fingerprint density at radius 1 is 1.38 bits per heavy atom. The van der Waals surface area contributed by atoms with Crippen molar-refractivity contribution in [3.63, 3.8) is 0 Å². The van der Waals surface area contributed by atoms with Crippen molar-refractivity contribution in [1.82, 2.24) is 10.6 Å². The largest absolute Gasteiger partial charge is 0.390 e. The van der Waals surface area contributed by atoms with Crippen molar-refractivity contribution in [1.29, 1.82) is 0 Å². The third-order valence-electron chi connectivity index (χ3n) is 3.57. The maximum absolute atomic E-state index is 13.0. The van der Waals surface area contributed by atoms with Crippen molar-refractivity contribution in [2.75, 3.05) is 19.8 Å². The Morgan fingerprint density at radius 3 is 2.67 bits per heavy atom. The number of ether oxygens (including phenoxy) is 2. The van der Waals surface area contributed by atoms with Crippen molar-refractivity contribution in [3.05, 3.63) is 35.9 Å². The minimum absolute atomic E-state index is 0.177. The van der Waals surface area contributed by atoms with E-state index in [0.717, 1.165) is 5.56 Å². The fraction of sp³-hybridized carbons (Fsp3) is 0.562. The normalized spacial score (nSPS) is 23.5. The minimum Gasteiger partial charge on any atom is -0.390 e. The van der Waals surface area contributed by atoms with Gasteiger partial charge in [0.2, 0.25) is 0 Å².